The van der Waals surface area contributed by atoms with Crippen LogP contribution in [0.4, 0.5) is 0 Å². The molecule has 2 aromatic heterocycles. The van der Waals surface area contributed by atoms with Crippen LogP contribution in [0.15, 0.2) is 11.4 Å². The van der Waals surface area contributed by atoms with Gasteiger partial charge in [0, 0.05) is 22.3 Å². The van der Waals surface area contributed by atoms with Crippen LogP contribution >= 0.6 is 23.1 Å². The van der Waals surface area contributed by atoms with E-state index in [-0.39, 0.29) is 11.9 Å². The molecule has 7 heteroatoms. The molecule has 3 heterocycles. The van der Waals surface area contributed by atoms with Crippen molar-refractivity contribution in [1.29, 1.82) is 0 Å². The average molecular weight is 351 g/mol. The zero-order chi connectivity index (χ0) is 16.4. The van der Waals surface area contributed by atoms with Crippen LogP contribution in [0.3, 0.4) is 0 Å². The summed E-state index contributed by atoms with van der Waals surface area (Å²) < 4.78 is 0. The molecule has 0 aromatic carbocycles. The number of rotatable bonds is 4. The highest BCUT2D eigenvalue weighted by atomic mass is 32.2. The van der Waals surface area contributed by atoms with Crippen molar-refractivity contribution in [3.8, 4) is 0 Å². The van der Waals surface area contributed by atoms with E-state index in [2.05, 4.69) is 41.4 Å². The van der Waals surface area contributed by atoms with Crippen molar-refractivity contribution in [3.05, 3.63) is 16.8 Å². The van der Waals surface area contributed by atoms with Gasteiger partial charge in [-0.15, -0.1) is 11.3 Å². The number of piperidine rings is 1. The molecule has 2 unspecified atom stereocenters. The second-order valence-electron chi connectivity index (χ2n) is 5.99. The van der Waals surface area contributed by atoms with Crippen molar-refractivity contribution in [3.63, 3.8) is 0 Å². The third-order valence-corrected chi connectivity index (χ3v) is 6.48. The van der Waals surface area contributed by atoms with E-state index in [0.717, 1.165) is 34.6 Å². The van der Waals surface area contributed by atoms with Crippen molar-refractivity contribution < 1.29 is 4.79 Å². The van der Waals surface area contributed by atoms with Gasteiger partial charge in [-0.2, -0.15) is 0 Å². The number of nitrogens with one attached hydrogen (secondary N) is 2. The second kappa shape index (κ2) is 7.15. The van der Waals surface area contributed by atoms with Gasteiger partial charge in [0.2, 0.25) is 5.91 Å². The number of hydrogen-bond acceptors (Lipinski definition) is 6. The molecule has 1 saturated heterocycles. The first-order valence-electron chi connectivity index (χ1n) is 7.92. The zero-order valence-corrected chi connectivity index (χ0v) is 15.3. The van der Waals surface area contributed by atoms with Crippen molar-refractivity contribution in [2.75, 3.05) is 12.3 Å². The number of aryl methyl sites for hydroxylation is 2. The minimum Gasteiger partial charge on any atom is -0.351 e. The molecule has 124 valence electrons. The Balaban J connectivity index is 1.65. The van der Waals surface area contributed by atoms with Gasteiger partial charge in [0.25, 0.3) is 0 Å². The minimum absolute atomic E-state index is 0.0758. The summed E-state index contributed by atoms with van der Waals surface area (Å²) in [5.74, 6) is 0.468. The first-order chi connectivity index (χ1) is 11.1. The number of fused-ring (bicyclic) bond motifs is 1. The molecule has 0 bridgehead atoms. The van der Waals surface area contributed by atoms with E-state index >= 15 is 0 Å². The Kier molecular flexibility index (Phi) is 5.18. The largest absolute Gasteiger partial charge is 0.351 e. The highest BCUT2D eigenvalue weighted by Crippen LogP contribution is 2.34. The van der Waals surface area contributed by atoms with Gasteiger partial charge in [0.1, 0.15) is 16.2 Å². The molecule has 3 rings (SSSR count). The van der Waals surface area contributed by atoms with Crippen LogP contribution in [0.1, 0.15) is 30.2 Å². The van der Waals surface area contributed by atoms with Gasteiger partial charge >= 0.3 is 0 Å². The molecule has 0 saturated carbocycles. The van der Waals surface area contributed by atoms with E-state index in [4.69, 9.17) is 0 Å². The summed E-state index contributed by atoms with van der Waals surface area (Å²) in [7, 11) is 0. The third kappa shape index (κ3) is 3.67. The smallest absolute Gasteiger partial charge is 0.230 e. The fourth-order valence-corrected chi connectivity index (χ4v) is 4.81. The van der Waals surface area contributed by atoms with E-state index in [1.807, 2.05) is 0 Å². The lowest BCUT2D eigenvalue weighted by atomic mass is 10.00. The second-order valence-corrected chi connectivity index (χ2v) is 8.16. The molecule has 0 radical (unpaired) electrons. The fourth-order valence-electron chi connectivity index (χ4n) is 2.88. The molecule has 2 N–H and O–H groups in total. The van der Waals surface area contributed by atoms with Crippen molar-refractivity contribution in [2.24, 2.45) is 0 Å². The van der Waals surface area contributed by atoms with Crippen LogP contribution in [0.2, 0.25) is 0 Å². The third-order valence-electron chi connectivity index (χ3n) is 4.38. The van der Waals surface area contributed by atoms with Crippen LogP contribution in [0, 0.1) is 13.8 Å². The Morgan fingerprint density at radius 1 is 1.48 bits per heavy atom. The predicted molar refractivity (Wildman–Crippen MR) is 96.2 cm³/mol. The summed E-state index contributed by atoms with van der Waals surface area (Å²) in [6.45, 7) is 7.36. The van der Waals surface area contributed by atoms with Crippen LogP contribution in [-0.4, -0.2) is 40.3 Å². The monoisotopic (exact) mass is 350 g/mol. The van der Waals surface area contributed by atoms with Gasteiger partial charge in [-0.1, -0.05) is 11.8 Å². The topological polar surface area (TPSA) is 66.9 Å². The maximum atomic E-state index is 12.3. The number of nitrogens with zero attached hydrogens (tertiary/aromatic N) is 2. The molecular formula is C16H22N4OS2. The highest BCUT2D eigenvalue weighted by molar-refractivity contribution is 8.00. The lowest BCUT2D eigenvalue weighted by Crippen LogP contribution is -2.52. The first kappa shape index (κ1) is 16.7. The Morgan fingerprint density at radius 3 is 3.09 bits per heavy atom. The van der Waals surface area contributed by atoms with E-state index in [9.17, 15) is 4.79 Å². The molecule has 5 nitrogen and oxygen atoms in total. The van der Waals surface area contributed by atoms with Gasteiger partial charge in [-0.3, -0.25) is 4.79 Å². The van der Waals surface area contributed by atoms with E-state index in [1.54, 1.807) is 17.7 Å². The summed E-state index contributed by atoms with van der Waals surface area (Å²) in [6, 6.07) is 0.567. The van der Waals surface area contributed by atoms with Crippen LogP contribution in [0.5, 0.6) is 0 Å². The zero-order valence-electron chi connectivity index (χ0n) is 13.7. The lowest BCUT2D eigenvalue weighted by molar-refractivity contribution is -0.119. The molecule has 23 heavy (non-hydrogen) atoms. The van der Waals surface area contributed by atoms with E-state index in [1.165, 1.54) is 22.2 Å². The van der Waals surface area contributed by atoms with Crippen molar-refractivity contribution in [1.82, 2.24) is 20.6 Å². The Morgan fingerprint density at radius 2 is 2.30 bits per heavy atom. The molecule has 0 aliphatic carbocycles. The lowest BCUT2D eigenvalue weighted by Gasteiger charge is -2.30. The summed E-state index contributed by atoms with van der Waals surface area (Å²) in [4.78, 5) is 23.2. The van der Waals surface area contributed by atoms with Gasteiger partial charge in [0.15, 0.2) is 0 Å². The number of thioether (sulfide) groups is 1. The summed E-state index contributed by atoms with van der Waals surface area (Å²) in [5.41, 5.74) is 1.22. The molecule has 2 atom stereocenters. The molecule has 1 aliphatic heterocycles. The standard InChI is InChI=1S/C16H22N4OS2/c1-9-11(3)23-16-14(9)15(18-8-19-16)22-7-13(21)20-12-5-4-6-17-10(12)2/h8,10,12,17H,4-7H2,1-3H3,(H,20,21). The maximum absolute atomic E-state index is 12.3. The Bertz CT molecular complexity index is 715. The average Bonchev–Trinajstić information content (AvgIpc) is 2.83. The maximum Gasteiger partial charge on any atom is 0.230 e. The molecular weight excluding hydrogens is 328 g/mol. The quantitative estimate of drug-likeness (QED) is 0.655. The number of aromatic nitrogens is 2. The highest BCUT2D eigenvalue weighted by Gasteiger charge is 2.22. The van der Waals surface area contributed by atoms with Crippen LogP contribution < -0.4 is 10.6 Å². The van der Waals surface area contributed by atoms with Gasteiger partial charge < -0.3 is 10.6 Å². The molecule has 0 spiro atoms. The van der Waals surface area contributed by atoms with Crippen LogP contribution in [-0.2, 0) is 4.79 Å². The number of amides is 1. The SMILES string of the molecule is Cc1sc2ncnc(SCC(=O)NC3CCCNC3C)c2c1C. The fraction of sp³-hybridized carbons (Fsp3) is 0.562. The van der Waals surface area contributed by atoms with Crippen molar-refractivity contribution in [2.45, 2.75) is 50.7 Å². The summed E-state index contributed by atoms with van der Waals surface area (Å²) in [6.07, 6.45) is 3.75. The normalized spacial score (nSPS) is 21.5. The summed E-state index contributed by atoms with van der Waals surface area (Å²) in [5, 5.41) is 8.55. The van der Waals surface area contributed by atoms with E-state index < -0.39 is 0 Å². The summed E-state index contributed by atoms with van der Waals surface area (Å²) >= 11 is 3.18. The predicted octanol–water partition coefficient (Wildman–Crippen LogP) is 2.66. The number of carbonyl (C=O) groups is 1. The van der Waals surface area contributed by atoms with Crippen molar-refractivity contribution >= 4 is 39.2 Å². The first-order valence-corrected chi connectivity index (χ1v) is 9.72. The van der Waals surface area contributed by atoms with E-state index in [0.29, 0.717) is 11.8 Å². The van der Waals surface area contributed by atoms with Gasteiger partial charge in [-0.25, -0.2) is 9.97 Å². The molecule has 1 aliphatic rings. The van der Waals surface area contributed by atoms with Gasteiger partial charge in [-0.05, 0) is 45.7 Å². The molecule has 1 amide bonds. The molecule has 2 aromatic rings. The molecule has 1 fully saturated rings. The number of hydrogen-bond donors (Lipinski definition) is 2. The number of thiophene rings is 1. The Hall–Kier alpha value is -1.18. The minimum atomic E-state index is 0.0758. The van der Waals surface area contributed by atoms with Gasteiger partial charge in [0.05, 0.1) is 5.75 Å². The number of carbonyl (C=O) groups excluding carboxylic acids is 1. The van der Waals surface area contributed by atoms with Crippen LogP contribution in [0.25, 0.3) is 10.2 Å². The Labute approximate surface area is 144 Å².